The Morgan fingerprint density at radius 1 is 1.00 bits per heavy atom. The van der Waals surface area contributed by atoms with E-state index in [-0.39, 0.29) is 22.6 Å². The minimum atomic E-state index is -4.64. The summed E-state index contributed by atoms with van der Waals surface area (Å²) >= 11 is 0. The van der Waals surface area contributed by atoms with Gasteiger partial charge >= 0.3 is 6.18 Å². The number of sulfonamides is 1. The second-order valence-electron chi connectivity index (χ2n) is 9.23. The van der Waals surface area contributed by atoms with E-state index in [2.05, 4.69) is 22.6 Å². The molecule has 2 aromatic carbocycles. The average Bonchev–Trinajstić information content (AvgIpc) is 2.91. The van der Waals surface area contributed by atoms with E-state index < -0.39 is 58.1 Å². The van der Waals surface area contributed by atoms with Crippen molar-refractivity contribution < 1.29 is 36.0 Å². The number of alkyl halides is 3. The predicted octanol–water partition coefficient (Wildman–Crippen LogP) is 2.34. The standard InChI is InChI=1S/C26H30F3N5O5S/c1-2-14-31-34(25(37)18-6-5-7-19(15-18)26(27,28)29)16-23(35)32-21-8-3-4-9-22(21)33-24(36)17-10-12-20(13-11-17)40(30,38)39/h2,5-7,10-13,15,21-22,31H,1,3-4,8-9,14,16H2,(H,32,35)(H,33,36)(H2,30,38,39)/t21-,22+/m1/s1. The van der Waals surface area contributed by atoms with Crippen LogP contribution >= 0.6 is 0 Å². The van der Waals surface area contributed by atoms with Crippen molar-refractivity contribution >= 4 is 27.7 Å². The van der Waals surface area contributed by atoms with E-state index in [0.717, 1.165) is 30.0 Å². The van der Waals surface area contributed by atoms with Crippen LogP contribution in [-0.2, 0) is 21.0 Å². The lowest BCUT2D eigenvalue weighted by molar-refractivity contribution is -0.137. The minimum absolute atomic E-state index is 0.0737. The van der Waals surface area contributed by atoms with E-state index in [1.807, 2.05) is 0 Å². The Kier molecular flexibility index (Phi) is 10.1. The van der Waals surface area contributed by atoms with Gasteiger partial charge in [-0.3, -0.25) is 19.4 Å². The zero-order chi connectivity index (χ0) is 29.5. The second kappa shape index (κ2) is 13.1. The normalized spacial score (nSPS) is 17.5. The van der Waals surface area contributed by atoms with Gasteiger partial charge in [-0.1, -0.05) is 25.0 Å². The van der Waals surface area contributed by atoms with Crippen LogP contribution in [0.15, 0.2) is 66.1 Å². The molecule has 0 heterocycles. The summed E-state index contributed by atoms with van der Waals surface area (Å²) in [5.41, 5.74) is 1.63. The first-order chi connectivity index (χ1) is 18.8. The van der Waals surface area contributed by atoms with Crippen LogP contribution in [0.1, 0.15) is 52.0 Å². The van der Waals surface area contributed by atoms with Gasteiger partial charge in [0.05, 0.1) is 10.5 Å². The molecule has 0 bridgehead atoms. The molecule has 0 spiro atoms. The number of benzene rings is 2. The zero-order valence-corrected chi connectivity index (χ0v) is 22.2. The van der Waals surface area contributed by atoms with Crippen molar-refractivity contribution in [3.05, 3.63) is 77.9 Å². The number of hydrazine groups is 1. The average molecular weight is 582 g/mol. The predicted molar refractivity (Wildman–Crippen MR) is 140 cm³/mol. The molecule has 0 aromatic heterocycles. The number of rotatable bonds is 10. The molecule has 3 amide bonds. The van der Waals surface area contributed by atoms with Crippen molar-refractivity contribution in [2.75, 3.05) is 13.1 Å². The molecule has 2 atom stereocenters. The van der Waals surface area contributed by atoms with Gasteiger partial charge < -0.3 is 10.6 Å². The van der Waals surface area contributed by atoms with Crippen LogP contribution in [0.2, 0.25) is 0 Å². The van der Waals surface area contributed by atoms with Crippen molar-refractivity contribution in [2.45, 2.75) is 48.8 Å². The third-order valence-corrected chi connectivity index (χ3v) is 7.21. The Balaban J connectivity index is 1.68. The molecule has 216 valence electrons. The first-order valence-corrected chi connectivity index (χ1v) is 13.9. The highest BCUT2D eigenvalue weighted by molar-refractivity contribution is 7.89. The summed E-state index contributed by atoms with van der Waals surface area (Å²) in [6.45, 7) is 3.11. The minimum Gasteiger partial charge on any atom is -0.350 e. The number of amides is 3. The molecule has 10 nitrogen and oxygen atoms in total. The van der Waals surface area contributed by atoms with E-state index in [1.54, 1.807) is 0 Å². The van der Waals surface area contributed by atoms with Crippen LogP contribution in [0.3, 0.4) is 0 Å². The quantitative estimate of drug-likeness (QED) is 0.250. The lowest BCUT2D eigenvalue weighted by atomic mass is 9.90. The number of nitrogens with zero attached hydrogens (tertiary/aromatic N) is 1. The molecule has 14 heteroatoms. The molecule has 0 saturated heterocycles. The number of hydrogen-bond donors (Lipinski definition) is 4. The van der Waals surface area contributed by atoms with Crippen molar-refractivity contribution in [1.82, 2.24) is 21.1 Å². The van der Waals surface area contributed by atoms with Crippen molar-refractivity contribution in [2.24, 2.45) is 5.14 Å². The fourth-order valence-electron chi connectivity index (χ4n) is 4.28. The summed E-state index contributed by atoms with van der Waals surface area (Å²) in [5, 5.41) is 11.7. The largest absolute Gasteiger partial charge is 0.416 e. The lowest BCUT2D eigenvalue weighted by Crippen LogP contribution is -2.56. The first-order valence-electron chi connectivity index (χ1n) is 12.4. The van der Waals surface area contributed by atoms with Gasteiger partial charge in [-0.15, -0.1) is 6.58 Å². The van der Waals surface area contributed by atoms with E-state index in [0.29, 0.717) is 18.9 Å². The lowest BCUT2D eigenvalue weighted by Gasteiger charge is -2.33. The van der Waals surface area contributed by atoms with Crippen LogP contribution in [0.4, 0.5) is 13.2 Å². The van der Waals surface area contributed by atoms with Gasteiger partial charge in [0, 0.05) is 29.8 Å². The summed E-state index contributed by atoms with van der Waals surface area (Å²) in [6.07, 6.45) is -0.537. The molecule has 1 fully saturated rings. The Morgan fingerprint density at radius 2 is 1.62 bits per heavy atom. The summed E-state index contributed by atoms with van der Waals surface area (Å²) in [6, 6.07) is 8.06. The van der Waals surface area contributed by atoms with Crippen LogP contribution in [0.25, 0.3) is 0 Å². The van der Waals surface area contributed by atoms with Gasteiger partial charge in [0.15, 0.2) is 0 Å². The van der Waals surface area contributed by atoms with Gasteiger partial charge in [0.25, 0.3) is 11.8 Å². The monoisotopic (exact) mass is 581 g/mol. The topological polar surface area (TPSA) is 151 Å². The molecule has 0 radical (unpaired) electrons. The highest BCUT2D eigenvalue weighted by Gasteiger charge is 2.32. The second-order valence-corrected chi connectivity index (χ2v) is 10.8. The number of nitrogens with two attached hydrogens (primary N) is 1. The Hall–Kier alpha value is -3.75. The van der Waals surface area contributed by atoms with Crippen LogP contribution < -0.4 is 21.2 Å². The number of carbonyl (C=O) groups is 3. The van der Waals surface area contributed by atoms with Gasteiger partial charge in [0.1, 0.15) is 6.54 Å². The summed E-state index contributed by atoms with van der Waals surface area (Å²) in [5.74, 6) is -1.89. The molecule has 1 aliphatic rings. The zero-order valence-electron chi connectivity index (χ0n) is 21.4. The van der Waals surface area contributed by atoms with Crippen LogP contribution in [0, 0.1) is 0 Å². The third kappa shape index (κ3) is 8.37. The van der Waals surface area contributed by atoms with E-state index >= 15 is 0 Å². The Morgan fingerprint density at radius 3 is 2.20 bits per heavy atom. The van der Waals surface area contributed by atoms with Crippen molar-refractivity contribution in [3.63, 3.8) is 0 Å². The SMILES string of the molecule is C=CCNN(CC(=O)N[C@@H]1CCCC[C@@H]1NC(=O)c1ccc(S(N)(=O)=O)cc1)C(=O)c1cccc(C(F)(F)F)c1. The maximum atomic E-state index is 13.1. The van der Waals surface area contributed by atoms with Gasteiger partial charge in [0.2, 0.25) is 15.9 Å². The van der Waals surface area contributed by atoms with Crippen molar-refractivity contribution in [3.8, 4) is 0 Å². The molecular weight excluding hydrogens is 551 g/mol. The first kappa shape index (κ1) is 30.8. The summed E-state index contributed by atoms with van der Waals surface area (Å²) in [4.78, 5) is 38.6. The molecule has 0 unspecified atom stereocenters. The molecule has 0 aliphatic heterocycles. The van der Waals surface area contributed by atoms with E-state index in [9.17, 15) is 36.0 Å². The number of carbonyl (C=O) groups excluding carboxylic acids is 3. The molecule has 1 aliphatic carbocycles. The van der Waals surface area contributed by atoms with Gasteiger partial charge in [-0.25, -0.2) is 19.0 Å². The maximum Gasteiger partial charge on any atom is 0.416 e. The molecule has 1 saturated carbocycles. The highest BCUT2D eigenvalue weighted by atomic mass is 32.2. The van der Waals surface area contributed by atoms with Gasteiger partial charge in [-0.2, -0.15) is 13.2 Å². The van der Waals surface area contributed by atoms with E-state index in [1.165, 1.54) is 36.4 Å². The highest BCUT2D eigenvalue weighted by Crippen LogP contribution is 2.29. The fourth-order valence-corrected chi connectivity index (χ4v) is 4.79. The van der Waals surface area contributed by atoms with Crippen LogP contribution in [-0.4, -0.2) is 56.3 Å². The number of nitrogens with one attached hydrogen (secondary N) is 3. The van der Waals surface area contributed by atoms with E-state index in [4.69, 9.17) is 5.14 Å². The van der Waals surface area contributed by atoms with Crippen LogP contribution in [0.5, 0.6) is 0 Å². The number of halogens is 3. The Bertz CT molecular complexity index is 1350. The molecule has 2 aromatic rings. The third-order valence-electron chi connectivity index (χ3n) is 6.28. The van der Waals surface area contributed by atoms with Gasteiger partial charge in [-0.05, 0) is 55.3 Å². The smallest absolute Gasteiger partial charge is 0.350 e. The summed E-state index contributed by atoms with van der Waals surface area (Å²) < 4.78 is 62.3. The molecule has 40 heavy (non-hydrogen) atoms. The Labute approximate surface area is 229 Å². The molecule has 5 N–H and O–H groups in total. The molecule has 3 rings (SSSR count). The van der Waals surface area contributed by atoms with Crippen molar-refractivity contribution in [1.29, 1.82) is 0 Å². The number of hydrogen-bond acceptors (Lipinski definition) is 6. The summed E-state index contributed by atoms with van der Waals surface area (Å²) in [7, 11) is -3.91. The molecular formula is C26H30F3N5O5S. The maximum absolute atomic E-state index is 13.1. The fraction of sp³-hybridized carbons (Fsp3) is 0.346. The number of primary sulfonamides is 1.